The number of hydrogen-bond donors (Lipinski definition) is 3. The predicted molar refractivity (Wildman–Crippen MR) is 86.3 cm³/mol. The molecule has 23 heavy (non-hydrogen) atoms. The monoisotopic (exact) mass is 348 g/mol. The van der Waals surface area contributed by atoms with Crippen LogP contribution in [0.15, 0.2) is 6.07 Å². The number of nitrogens with one attached hydrogen (secondary N) is 3. The lowest BCUT2D eigenvalue weighted by atomic mass is 9.97. The lowest BCUT2D eigenvalue weighted by molar-refractivity contribution is -0.118. The second-order valence-corrected chi connectivity index (χ2v) is 6.38. The van der Waals surface area contributed by atoms with Crippen molar-refractivity contribution in [3.63, 3.8) is 0 Å². The van der Waals surface area contributed by atoms with E-state index in [1.54, 1.807) is 0 Å². The first kappa shape index (κ1) is 18.1. The van der Waals surface area contributed by atoms with Crippen LogP contribution in [0.1, 0.15) is 56.6 Å². The SMILES string of the molecule is Cl.O=C(Nc1cc(C2CCCCCC2)[nH]n1)C1CC(F)(F)CN1. The maximum absolute atomic E-state index is 13.1. The molecule has 0 spiro atoms. The number of rotatable bonds is 3. The molecule has 2 fully saturated rings. The van der Waals surface area contributed by atoms with Gasteiger partial charge < -0.3 is 5.32 Å². The number of carbonyl (C=O) groups excluding carboxylic acids is 1. The smallest absolute Gasteiger partial charge is 0.262 e. The van der Waals surface area contributed by atoms with E-state index >= 15 is 0 Å². The Hall–Kier alpha value is -1.21. The minimum Gasteiger partial charge on any atom is -0.308 e. The molecule has 0 radical (unpaired) electrons. The number of carbonyl (C=O) groups is 1. The summed E-state index contributed by atoms with van der Waals surface area (Å²) < 4.78 is 26.2. The van der Waals surface area contributed by atoms with Gasteiger partial charge in [0.2, 0.25) is 5.91 Å². The minimum atomic E-state index is -2.81. The second kappa shape index (κ2) is 7.57. The van der Waals surface area contributed by atoms with Gasteiger partial charge in [-0.1, -0.05) is 25.7 Å². The van der Waals surface area contributed by atoms with E-state index in [2.05, 4.69) is 20.8 Å². The molecule has 1 atom stereocenters. The summed E-state index contributed by atoms with van der Waals surface area (Å²) in [5.74, 6) is -2.38. The Morgan fingerprint density at radius 3 is 2.57 bits per heavy atom. The molecule has 1 amide bonds. The van der Waals surface area contributed by atoms with Crippen LogP contribution in [0.4, 0.5) is 14.6 Å². The van der Waals surface area contributed by atoms with Gasteiger partial charge in [-0.15, -0.1) is 12.4 Å². The van der Waals surface area contributed by atoms with Crippen LogP contribution in [0.2, 0.25) is 0 Å². The van der Waals surface area contributed by atoms with Gasteiger partial charge in [0.1, 0.15) is 0 Å². The summed E-state index contributed by atoms with van der Waals surface area (Å²) in [7, 11) is 0. The zero-order valence-corrected chi connectivity index (χ0v) is 13.7. The van der Waals surface area contributed by atoms with Gasteiger partial charge in [-0.25, -0.2) is 8.78 Å². The normalized spacial score (nSPS) is 24.7. The van der Waals surface area contributed by atoms with Crippen molar-refractivity contribution in [1.29, 1.82) is 0 Å². The topological polar surface area (TPSA) is 69.8 Å². The molecule has 3 rings (SSSR count). The zero-order chi connectivity index (χ0) is 15.6. The molecule has 5 nitrogen and oxygen atoms in total. The summed E-state index contributed by atoms with van der Waals surface area (Å²) in [5, 5.41) is 12.2. The van der Waals surface area contributed by atoms with Gasteiger partial charge in [0.05, 0.1) is 12.6 Å². The molecule has 0 aromatic carbocycles. The number of amides is 1. The van der Waals surface area contributed by atoms with Crippen LogP contribution in [0.5, 0.6) is 0 Å². The number of halogens is 3. The highest BCUT2D eigenvalue weighted by molar-refractivity contribution is 5.94. The summed E-state index contributed by atoms with van der Waals surface area (Å²) in [6, 6.07) is 0.981. The largest absolute Gasteiger partial charge is 0.308 e. The fraction of sp³-hybridized carbons (Fsp3) is 0.733. The Balaban J connectivity index is 0.00000192. The molecule has 1 aliphatic heterocycles. The van der Waals surface area contributed by atoms with Gasteiger partial charge in [0, 0.05) is 24.1 Å². The van der Waals surface area contributed by atoms with Crippen molar-refractivity contribution < 1.29 is 13.6 Å². The number of alkyl halides is 2. The average Bonchev–Trinajstić information content (AvgIpc) is 2.97. The molecule has 3 N–H and O–H groups in total. The molecule has 1 aromatic heterocycles. The minimum absolute atomic E-state index is 0. The third-order valence-electron chi connectivity index (χ3n) is 4.57. The number of hydrogen-bond acceptors (Lipinski definition) is 3. The van der Waals surface area contributed by atoms with Crippen molar-refractivity contribution in [3.8, 4) is 0 Å². The first-order valence-electron chi connectivity index (χ1n) is 8.01. The third-order valence-corrected chi connectivity index (χ3v) is 4.57. The zero-order valence-electron chi connectivity index (χ0n) is 12.9. The van der Waals surface area contributed by atoms with Crippen LogP contribution in [0.25, 0.3) is 0 Å². The second-order valence-electron chi connectivity index (χ2n) is 6.38. The lowest BCUT2D eigenvalue weighted by Crippen LogP contribution is -2.35. The first-order valence-corrected chi connectivity index (χ1v) is 8.01. The number of H-pyrrole nitrogens is 1. The van der Waals surface area contributed by atoms with E-state index in [-0.39, 0.29) is 12.4 Å². The van der Waals surface area contributed by atoms with Gasteiger partial charge in [0.25, 0.3) is 5.92 Å². The van der Waals surface area contributed by atoms with Crippen LogP contribution >= 0.6 is 12.4 Å². The Labute approximate surface area is 140 Å². The average molecular weight is 349 g/mol. The van der Waals surface area contributed by atoms with Crippen LogP contribution in [0.3, 0.4) is 0 Å². The van der Waals surface area contributed by atoms with Crippen LogP contribution in [0, 0.1) is 0 Å². The van der Waals surface area contributed by atoms with Gasteiger partial charge in [0.15, 0.2) is 5.82 Å². The summed E-state index contributed by atoms with van der Waals surface area (Å²) >= 11 is 0. The van der Waals surface area contributed by atoms with Crippen molar-refractivity contribution in [1.82, 2.24) is 15.5 Å². The molecule has 2 aliphatic rings. The molecule has 1 unspecified atom stereocenters. The first-order chi connectivity index (χ1) is 10.5. The van der Waals surface area contributed by atoms with Crippen LogP contribution in [-0.2, 0) is 4.79 Å². The van der Waals surface area contributed by atoms with E-state index in [1.165, 1.54) is 25.7 Å². The molecular formula is C15H23ClF2N4O. The maximum Gasteiger partial charge on any atom is 0.262 e. The Bertz CT molecular complexity index is 529. The fourth-order valence-electron chi connectivity index (χ4n) is 3.31. The van der Waals surface area contributed by atoms with Gasteiger partial charge >= 0.3 is 0 Å². The fourth-order valence-corrected chi connectivity index (χ4v) is 3.31. The van der Waals surface area contributed by atoms with E-state index in [1.807, 2.05) is 6.07 Å². The Morgan fingerprint density at radius 2 is 1.96 bits per heavy atom. The van der Waals surface area contributed by atoms with Crippen molar-refractivity contribution >= 4 is 24.1 Å². The summed E-state index contributed by atoms with van der Waals surface area (Å²) in [4.78, 5) is 12.0. The van der Waals surface area contributed by atoms with E-state index in [4.69, 9.17) is 0 Å². The van der Waals surface area contributed by atoms with E-state index < -0.39 is 30.8 Å². The standard InChI is InChI=1S/C15H22F2N4O.ClH/c16-15(17)8-12(18-9-15)14(22)19-13-7-11(20-21-13)10-5-3-1-2-4-6-10;/h7,10,12,18H,1-6,8-9H2,(H2,19,20,21,22);1H. The molecule has 1 aromatic rings. The molecule has 2 heterocycles. The van der Waals surface area contributed by atoms with Crippen molar-refractivity contribution in [3.05, 3.63) is 11.8 Å². The lowest BCUT2D eigenvalue weighted by Gasteiger charge is -2.11. The molecule has 1 saturated carbocycles. The third kappa shape index (κ3) is 4.64. The van der Waals surface area contributed by atoms with Gasteiger partial charge in [-0.05, 0) is 12.8 Å². The number of nitrogens with zero attached hydrogens (tertiary/aromatic N) is 1. The quantitative estimate of drug-likeness (QED) is 0.735. The van der Waals surface area contributed by atoms with E-state index in [0.717, 1.165) is 18.5 Å². The molecule has 130 valence electrons. The van der Waals surface area contributed by atoms with Crippen molar-refractivity contribution in [2.24, 2.45) is 0 Å². The molecule has 8 heteroatoms. The van der Waals surface area contributed by atoms with Crippen molar-refractivity contribution in [2.45, 2.75) is 62.8 Å². The van der Waals surface area contributed by atoms with E-state index in [9.17, 15) is 13.6 Å². The molecule has 0 bridgehead atoms. The highest BCUT2D eigenvalue weighted by Gasteiger charge is 2.42. The molecule has 1 aliphatic carbocycles. The summed E-state index contributed by atoms with van der Waals surface area (Å²) in [6.45, 7) is -0.445. The summed E-state index contributed by atoms with van der Waals surface area (Å²) in [5.41, 5.74) is 1.03. The Kier molecular flexibility index (Phi) is 5.97. The summed E-state index contributed by atoms with van der Waals surface area (Å²) in [6.07, 6.45) is 6.78. The highest BCUT2D eigenvalue weighted by atomic mass is 35.5. The molecular weight excluding hydrogens is 326 g/mol. The van der Waals surface area contributed by atoms with Crippen LogP contribution < -0.4 is 10.6 Å². The number of anilines is 1. The van der Waals surface area contributed by atoms with E-state index in [0.29, 0.717) is 11.7 Å². The van der Waals surface area contributed by atoms with Crippen molar-refractivity contribution in [2.75, 3.05) is 11.9 Å². The van der Waals surface area contributed by atoms with Gasteiger partial charge in [-0.2, -0.15) is 5.10 Å². The maximum atomic E-state index is 13.1. The number of aromatic amines is 1. The highest BCUT2D eigenvalue weighted by Crippen LogP contribution is 2.31. The number of aromatic nitrogens is 2. The predicted octanol–water partition coefficient (Wildman–Crippen LogP) is 3.21. The van der Waals surface area contributed by atoms with Gasteiger partial charge in [-0.3, -0.25) is 15.2 Å². The van der Waals surface area contributed by atoms with Crippen LogP contribution in [-0.4, -0.2) is 34.6 Å². The Morgan fingerprint density at radius 1 is 1.26 bits per heavy atom. The molecule has 1 saturated heterocycles.